The summed E-state index contributed by atoms with van der Waals surface area (Å²) in [6.07, 6.45) is 9.90. The maximum Gasteiger partial charge on any atom is 0.194 e. The molecule has 7 heteroatoms. The van der Waals surface area contributed by atoms with Crippen LogP contribution in [0.25, 0.3) is 16.3 Å². The van der Waals surface area contributed by atoms with E-state index in [4.69, 9.17) is 4.98 Å². The lowest BCUT2D eigenvalue weighted by molar-refractivity contribution is 0.479. The van der Waals surface area contributed by atoms with E-state index in [1.54, 1.807) is 23.7 Å². The summed E-state index contributed by atoms with van der Waals surface area (Å²) in [6.45, 7) is 4.17. The lowest BCUT2D eigenvalue weighted by Gasteiger charge is -2.24. The Morgan fingerprint density at radius 3 is 3.18 bits per heavy atom. The maximum atomic E-state index is 4.71. The number of hydrogen-bond acceptors (Lipinski definition) is 6. The van der Waals surface area contributed by atoms with Gasteiger partial charge in [-0.3, -0.25) is 9.38 Å². The number of piperidine rings is 1. The van der Waals surface area contributed by atoms with E-state index in [-0.39, 0.29) is 0 Å². The first-order valence-electron chi connectivity index (χ1n) is 7.53. The van der Waals surface area contributed by atoms with E-state index in [1.165, 1.54) is 17.7 Å². The second-order valence-electron chi connectivity index (χ2n) is 5.61. The number of aromatic nitrogens is 4. The third kappa shape index (κ3) is 2.57. The molecule has 114 valence electrons. The summed E-state index contributed by atoms with van der Waals surface area (Å²) in [6, 6.07) is 0.423. The van der Waals surface area contributed by atoms with Crippen LogP contribution in [0.15, 0.2) is 24.8 Å². The summed E-state index contributed by atoms with van der Waals surface area (Å²) in [5.41, 5.74) is 1.83. The second kappa shape index (κ2) is 5.66. The van der Waals surface area contributed by atoms with Gasteiger partial charge in [-0.2, -0.15) is 0 Å². The van der Waals surface area contributed by atoms with Crippen molar-refractivity contribution in [2.75, 3.05) is 18.4 Å². The zero-order chi connectivity index (χ0) is 14.9. The molecule has 0 bridgehead atoms. The molecular formula is C15H18N6S. The lowest BCUT2D eigenvalue weighted by Crippen LogP contribution is -2.38. The van der Waals surface area contributed by atoms with Gasteiger partial charge < -0.3 is 10.6 Å². The summed E-state index contributed by atoms with van der Waals surface area (Å²) in [7, 11) is 0. The topological polar surface area (TPSA) is 67.1 Å². The minimum absolute atomic E-state index is 0.423. The predicted molar refractivity (Wildman–Crippen MR) is 88.3 cm³/mol. The van der Waals surface area contributed by atoms with Crippen LogP contribution in [-0.2, 0) is 0 Å². The van der Waals surface area contributed by atoms with Crippen molar-refractivity contribution in [3.8, 4) is 11.4 Å². The van der Waals surface area contributed by atoms with Gasteiger partial charge in [0.05, 0.1) is 24.3 Å². The highest BCUT2D eigenvalue weighted by molar-refractivity contribution is 7.17. The largest absolute Gasteiger partial charge is 0.365 e. The van der Waals surface area contributed by atoms with Crippen LogP contribution in [0.2, 0.25) is 0 Å². The van der Waals surface area contributed by atoms with Crippen molar-refractivity contribution in [2.24, 2.45) is 0 Å². The Hall–Kier alpha value is -1.99. The molecule has 0 radical (unpaired) electrons. The van der Waals surface area contributed by atoms with E-state index in [1.807, 2.05) is 6.20 Å². The van der Waals surface area contributed by atoms with Crippen LogP contribution in [0.4, 0.5) is 5.82 Å². The Labute approximate surface area is 132 Å². The van der Waals surface area contributed by atoms with Gasteiger partial charge in [0.15, 0.2) is 4.96 Å². The van der Waals surface area contributed by atoms with Crippen molar-refractivity contribution in [3.63, 3.8) is 0 Å². The molecule has 1 aliphatic heterocycles. The molecule has 4 heterocycles. The molecule has 0 unspecified atom stereocenters. The Kier molecular flexibility index (Phi) is 3.51. The molecule has 1 saturated heterocycles. The van der Waals surface area contributed by atoms with Crippen LogP contribution < -0.4 is 10.6 Å². The smallest absolute Gasteiger partial charge is 0.194 e. The van der Waals surface area contributed by atoms with Crippen molar-refractivity contribution in [1.29, 1.82) is 0 Å². The normalized spacial score (nSPS) is 18.7. The summed E-state index contributed by atoms with van der Waals surface area (Å²) in [5, 5.41) is 6.87. The Morgan fingerprint density at radius 1 is 1.36 bits per heavy atom. The lowest BCUT2D eigenvalue weighted by atomic mass is 10.1. The summed E-state index contributed by atoms with van der Waals surface area (Å²) < 4.78 is 2.08. The first kappa shape index (κ1) is 13.7. The first-order valence-corrected chi connectivity index (χ1v) is 8.34. The highest BCUT2D eigenvalue weighted by atomic mass is 32.1. The van der Waals surface area contributed by atoms with Crippen molar-refractivity contribution < 1.29 is 0 Å². The van der Waals surface area contributed by atoms with Crippen LogP contribution in [-0.4, -0.2) is 38.5 Å². The highest BCUT2D eigenvalue weighted by Crippen LogP contribution is 2.24. The van der Waals surface area contributed by atoms with Gasteiger partial charge in [0.1, 0.15) is 11.5 Å². The highest BCUT2D eigenvalue weighted by Gasteiger charge is 2.15. The molecule has 3 aromatic heterocycles. The van der Waals surface area contributed by atoms with Gasteiger partial charge in [0.25, 0.3) is 0 Å². The molecule has 6 nitrogen and oxygen atoms in total. The Bertz CT molecular complexity index is 786. The van der Waals surface area contributed by atoms with Crippen LogP contribution >= 0.6 is 11.3 Å². The molecule has 0 spiro atoms. The number of fused-ring (bicyclic) bond motifs is 1. The molecule has 2 N–H and O–H groups in total. The van der Waals surface area contributed by atoms with Gasteiger partial charge in [-0.25, -0.2) is 9.97 Å². The van der Waals surface area contributed by atoms with Crippen LogP contribution in [0, 0.1) is 6.92 Å². The third-order valence-electron chi connectivity index (χ3n) is 3.87. The molecule has 0 saturated carbocycles. The monoisotopic (exact) mass is 314 g/mol. The molecule has 4 rings (SSSR count). The maximum absolute atomic E-state index is 4.71. The third-order valence-corrected chi connectivity index (χ3v) is 4.78. The fraction of sp³-hybridized carbons (Fsp3) is 0.400. The van der Waals surface area contributed by atoms with Crippen LogP contribution in [0.1, 0.15) is 17.7 Å². The number of thiazole rings is 1. The molecular weight excluding hydrogens is 296 g/mol. The fourth-order valence-electron chi connectivity index (χ4n) is 2.83. The Morgan fingerprint density at radius 2 is 2.32 bits per heavy atom. The van der Waals surface area contributed by atoms with E-state index >= 15 is 0 Å². The fourth-order valence-corrected chi connectivity index (χ4v) is 3.63. The molecule has 0 aromatic carbocycles. The zero-order valence-corrected chi connectivity index (χ0v) is 13.2. The number of hydrogen-bond donors (Lipinski definition) is 2. The van der Waals surface area contributed by atoms with Gasteiger partial charge in [-0.05, 0) is 26.3 Å². The predicted octanol–water partition coefficient (Wildman–Crippen LogP) is 2.33. The van der Waals surface area contributed by atoms with E-state index in [2.05, 4.69) is 38.1 Å². The van der Waals surface area contributed by atoms with E-state index in [0.29, 0.717) is 6.04 Å². The number of anilines is 1. The van der Waals surface area contributed by atoms with Gasteiger partial charge in [-0.15, -0.1) is 11.3 Å². The summed E-state index contributed by atoms with van der Waals surface area (Å²) in [4.78, 5) is 15.7. The average Bonchev–Trinajstić information content (AvgIpc) is 3.07. The minimum atomic E-state index is 0.423. The molecule has 1 atom stereocenters. The number of rotatable bonds is 3. The number of nitrogens with zero attached hydrogens (tertiary/aromatic N) is 4. The zero-order valence-electron chi connectivity index (χ0n) is 12.4. The minimum Gasteiger partial charge on any atom is -0.365 e. The Balaban J connectivity index is 1.63. The summed E-state index contributed by atoms with van der Waals surface area (Å²) >= 11 is 1.68. The summed E-state index contributed by atoms with van der Waals surface area (Å²) in [5.74, 6) is 0.827. The van der Waals surface area contributed by atoms with Crippen LogP contribution in [0.5, 0.6) is 0 Å². The molecule has 0 amide bonds. The first-order chi connectivity index (χ1) is 10.8. The van der Waals surface area contributed by atoms with E-state index in [0.717, 1.165) is 35.3 Å². The average molecular weight is 314 g/mol. The van der Waals surface area contributed by atoms with Crippen molar-refractivity contribution in [3.05, 3.63) is 29.7 Å². The van der Waals surface area contributed by atoms with Crippen molar-refractivity contribution in [2.45, 2.75) is 25.8 Å². The number of nitrogens with one attached hydrogen (secondary N) is 2. The van der Waals surface area contributed by atoms with Crippen molar-refractivity contribution in [1.82, 2.24) is 24.7 Å². The standard InChI is InChI=1S/C15H18N6S/c1-10-9-21-13(7-18-15(21)22-10)12-6-17-8-14(20-12)19-11-3-2-4-16-5-11/h6-9,11,16H,2-5H2,1H3,(H,19,20)/t11-/m1/s1. The van der Waals surface area contributed by atoms with Crippen LogP contribution in [0.3, 0.4) is 0 Å². The van der Waals surface area contributed by atoms with Crippen molar-refractivity contribution >= 4 is 22.1 Å². The molecule has 22 heavy (non-hydrogen) atoms. The number of imidazole rings is 1. The van der Waals surface area contributed by atoms with E-state index in [9.17, 15) is 0 Å². The SMILES string of the molecule is Cc1cn2c(-c3cncc(N[C@@H]4CCCNC4)n3)cnc2s1. The van der Waals surface area contributed by atoms with Gasteiger partial charge in [-0.1, -0.05) is 0 Å². The molecule has 1 fully saturated rings. The molecule has 0 aliphatic carbocycles. The van der Waals surface area contributed by atoms with E-state index < -0.39 is 0 Å². The quantitative estimate of drug-likeness (QED) is 0.776. The molecule has 3 aromatic rings. The molecule has 1 aliphatic rings. The van der Waals surface area contributed by atoms with Gasteiger partial charge in [0.2, 0.25) is 0 Å². The van der Waals surface area contributed by atoms with Gasteiger partial charge >= 0.3 is 0 Å². The second-order valence-corrected chi connectivity index (χ2v) is 6.83. The van der Waals surface area contributed by atoms with Gasteiger partial charge in [0, 0.05) is 23.7 Å². The number of aryl methyl sites for hydroxylation is 1.